The SMILES string of the molecule is CC(=O)Nc1cccc(NC(=O)CSc2nc(CC(=O)Nc3ccc(C)c(C)c3)cs2)c1. The van der Waals surface area contributed by atoms with Crippen LogP contribution in [0.3, 0.4) is 0 Å². The molecule has 7 nitrogen and oxygen atoms in total. The van der Waals surface area contributed by atoms with Gasteiger partial charge in [-0.15, -0.1) is 11.3 Å². The summed E-state index contributed by atoms with van der Waals surface area (Å²) in [6.45, 7) is 5.46. The standard InChI is InChI=1S/C23H24N4O3S2/c1-14-7-8-19(9-15(14)2)25-21(29)11-20-12-31-23(27-20)32-13-22(30)26-18-6-4-5-17(10-18)24-16(3)28/h4-10,12H,11,13H2,1-3H3,(H,24,28)(H,25,29)(H,26,30). The lowest BCUT2D eigenvalue weighted by Gasteiger charge is -2.07. The number of nitrogens with one attached hydrogen (secondary N) is 3. The van der Waals surface area contributed by atoms with Crippen LogP contribution in [0.25, 0.3) is 0 Å². The Balaban J connectivity index is 1.47. The van der Waals surface area contributed by atoms with Gasteiger partial charge in [0, 0.05) is 29.4 Å². The van der Waals surface area contributed by atoms with Crippen molar-refractivity contribution in [3.8, 4) is 0 Å². The van der Waals surface area contributed by atoms with Gasteiger partial charge in [-0.3, -0.25) is 14.4 Å². The number of amides is 3. The Morgan fingerprint density at radius 2 is 1.59 bits per heavy atom. The van der Waals surface area contributed by atoms with Gasteiger partial charge in [0.15, 0.2) is 4.34 Å². The molecule has 1 heterocycles. The van der Waals surface area contributed by atoms with Crippen molar-refractivity contribution in [2.75, 3.05) is 21.7 Å². The van der Waals surface area contributed by atoms with E-state index in [1.807, 2.05) is 37.4 Å². The third-order valence-electron chi connectivity index (χ3n) is 4.46. The topological polar surface area (TPSA) is 100 Å². The molecule has 0 fully saturated rings. The first kappa shape index (κ1) is 23.5. The van der Waals surface area contributed by atoms with Gasteiger partial charge in [0.25, 0.3) is 0 Å². The zero-order valence-corrected chi connectivity index (χ0v) is 19.7. The van der Waals surface area contributed by atoms with Crippen LogP contribution in [-0.2, 0) is 20.8 Å². The third-order valence-corrected chi connectivity index (χ3v) is 6.53. The number of hydrogen-bond acceptors (Lipinski definition) is 6. The maximum absolute atomic E-state index is 12.3. The van der Waals surface area contributed by atoms with E-state index in [-0.39, 0.29) is 29.9 Å². The maximum Gasteiger partial charge on any atom is 0.234 e. The monoisotopic (exact) mass is 468 g/mol. The third kappa shape index (κ3) is 7.21. The Hall–Kier alpha value is -3.17. The highest BCUT2D eigenvalue weighted by Crippen LogP contribution is 2.24. The molecule has 0 bridgehead atoms. The van der Waals surface area contributed by atoms with E-state index < -0.39 is 0 Å². The molecule has 3 amide bonds. The van der Waals surface area contributed by atoms with Crippen LogP contribution in [0.2, 0.25) is 0 Å². The van der Waals surface area contributed by atoms with Crippen LogP contribution in [0, 0.1) is 13.8 Å². The largest absolute Gasteiger partial charge is 0.326 e. The summed E-state index contributed by atoms with van der Waals surface area (Å²) in [5.74, 6) is -0.302. The van der Waals surface area contributed by atoms with E-state index in [0.29, 0.717) is 17.1 Å². The normalized spacial score (nSPS) is 10.5. The van der Waals surface area contributed by atoms with Gasteiger partial charge in [0.05, 0.1) is 17.9 Å². The van der Waals surface area contributed by atoms with Gasteiger partial charge < -0.3 is 16.0 Å². The first-order valence-electron chi connectivity index (χ1n) is 9.90. The number of carbonyl (C=O) groups is 3. The van der Waals surface area contributed by atoms with E-state index in [9.17, 15) is 14.4 Å². The van der Waals surface area contributed by atoms with Crippen LogP contribution >= 0.6 is 23.1 Å². The first-order valence-corrected chi connectivity index (χ1v) is 11.8. The zero-order valence-electron chi connectivity index (χ0n) is 18.0. The summed E-state index contributed by atoms with van der Waals surface area (Å²) in [7, 11) is 0. The lowest BCUT2D eigenvalue weighted by Crippen LogP contribution is -2.15. The van der Waals surface area contributed by atoms with Crippen molar-refractivity contribution in [1.29, 1.82) is 0 Å². The minimum absolute atomic E-state index is 0.133. The number of anilines is 3. The fourth-order valence-corrected chi connectivity index (χ4v) is 4.47. The van der Waals surface area contributed by atoms with Crippen LogP contribution in [0.15, 0.2) is 52.2 Å². The Kier molecular flexibility index (Phi) is 8.02. The molecule has 0 saturated heterocycles. The molecule has 0 saturated carbocycles. The molecule has 1 aromatic heterocycles. The molecule has 0 aliphatic rings. The van der Waals surface area contributed by atoms with E-state index in [2.05, 4.69) is 20.9 Å². The maximum atomic E-state index is 12.3. The van der Waals surface area contributed by atoms with Gasteiger partial charge in [0.1, 0.15) is 0 Å². The number of rotatable bonds is 8. The summed E-state index contributed by atoms with van der Waals surface area (Å²) < 4.78 is 0.723. The van der Waals surface area contributed by atoms with Gasteiger partial charge in [-0.05, 0) is 55.3 Å². The second-order valence-corrected chi connectivity index (χ2v) is 9.31. The van der Waals surface area contributed by atoms with Crippen LogP contribution in [0.5, 0.6) is 0 Å². The van der Waals surface area contributed by atoms with Gasteiger partial charge in [0.2, 0.25) is 17.7 Å². The quantitative estimate of drug-likeness (QED) is 0.419. The summed E-state index contributed by atoms with van der Waals surface area (Å²) in [5, 5.41) is 10.2. The Bertz CT molecular complexity index is 1140. The van der Waals surface area contributed by atoms with Crippen molar-refractivity contribution >= 4 is 57.9 Å². The summed E-state index contributed by atoms with van der Waals surface area (Å²) in [5.41, 5.74) is 4.95. The molecule has 3 rings (SSSR count). The number of nitrogens with zero attached hydrogens (tertiary/aromatic N) is 1. The molecule has 0 atom stereocenters. The van der Waals surface area contributed by atoms with Crippen LogP contribution in [0.1, 0.15) is 23.7 Å². The van der Waals surface area contributed by atoms with Crippen LogP contribution in [0.4, 0.5) is 17.1 Å². The van der Waals surface area contributed by atoms with Crippen molar-refractivity contribution in [3.63, 3.8) is 0 Å². The lowest BCUT2D eigenvalue weighted by molar-refractivity contribution is -0.116. The van der Waals surface area contributed by atoms with Gasteiger partial charge in [-0.25, -0.2) is 4.98 Å². The number of aromatic nitrogens is 1. The lowest BCUT2D eigenvalue weighted by atomic mass is 10.1. The molecule has 0 radical (unpaired) electrons. The molecule has 2 aromatic carbocycles. The van der Waals surface area contributed by atoms with E-state index in [0.717, 1.165) is 15.6 Å². The molecule has 0 aliphatic heterocycles. The van der Waals surface area contributed by atoms with Gasteiger partial charge >= 0.3 is 0 Å². The summed E-state index contributed by atoms with van der Waals surface area (Å²) >= 11 is 2.72. The van der Waals surface area contributed by atoms with Gasteiger partial charge in [-0.1, -0.05) is 23.9 Å². The average molecular weight is 469 g/mol. The van der Waals surface area contributed by atoms with Crippen molar-refractivity contribution in [1.82, 2.24) is 4.98 Å². The highest BCUT2D eigenvalue weighted by molar-refractivity contribution is 8.01. The predicted molar refractivity (Wildman–Crippen MR) is 130 cm³/mol. The second kappa shape index (κ2) is 10.9. The van der Waals surface area contributed by atoms with Crippen molar-refractivity contribution in [2.45, 2.75) is 31.5 Å². The summed E-state index contributed by atoms with van der Waals surface area (Å²) in [6.07, 6.45) is 0.173. The van der Waals surface area contributed by atoms with Crippen LogP contribution in [-0.4, -0.2) is 28.5 Å². The number of aryl methyl sites for hydroxylation is 2. The molecule has 0 unspecified atom stereocenters. The van der Waals surface area contributed by atoms with Crippen molar-refractivity contribution in [2.24, 2.45) is 0 Å². The highest BCUT2D eigenvalue weighted by atomic mass is 32.2. The molecule has 9 heteroatoms. The molecule has 3 N–H and O–H groups in total. The highest BCUT2D eigenvalue weighted by Gasteiger charge is 2.11. The van der Waals surface area contributed by atoms with E-state index in [1.54, 1.807) is 24.3 Å². The number of hydrogen-bond donors (Lipinski definition) is 3. The fourth-order valence-electron chi connectivity index (χ4n) is 2.83. The second-order valence-electron chi connectivity index (χ2n) is 7.23. The molecular weight excluding hydrogens is 444 g/mol. The van der Waals surface area contributed by atoms with Gasteiger partial charge in [-0.2, -0.15) is 0 Å². The minimum atomic E-state index is -0.181. The zero-order chi connectivity index (χ0) is 23.1. The Labute approximate surface area is 195 Å². The molecule has 32 heavy (non-hydrogen) atoms. The molecule has 0 spiro atoms. The van der Waals surface area contributed by atoms with Crippen LogP contribution < -0.4 is 16.0 Å². The molecule has 166 valence electrons. The number of thioether (sulfide) groups is 1. The molecular formula is C23H24N4O3S2. The van der Waals surface area contributed by atoms with Crippen molar-refractivity contribution < 1.29 is 14.4 Å². The summed E-state index contributed by atoms with van der Waals surface area (Å²) in [6, 6.07) is 12.8. The predicted octanol–water partition coefficient (Wildman–Crippen LogP) is 4.63. The smallest absolute Gasteiger partial charge is 0.234 e. The molecule has 0 aliphatic carbocycles. The first-order chi connectivity index (χ1) is 15.3. The Morgan fingerprint density at radius 3 is 2.31 bits per heavy atom. The Morgan fingerprint density at radius 1 is 0.906 bits per heavy atom. The van der Waals surface area contributed by atoms with E-state index in [1.165, 1.54) is 35.6 Å². The average Bonchev–Trinajstić information content (AvgIpc) is 3.16. The van der Waals surface area contributed by atoms with Crippen molar-refractivity contribution in [3.05, 3.63) is 64.7 Å². The summed E-state index contributed by atoms with van der Waals surface area (Å²) in [4.78, 5) is 40.2. The number of benzene rings is 2. The minimum Gasteiger partial charge on any atom is -0.326 e. The van der Waals surface area contributed by atoms with E-state index >= 15 is 0 Å². The van der Waals surface area contributed by atoms with E-state index in [4.69, 9.17) is 0 Å². The number of thiazole rings is 1. The fraction of sp³-hybridized carbons (Fsp3) is 0.217. The number of carbonyl (C=O) groups excluding carboxylic acids is 3. The molecule has 3 aromatic rings.